The maximum absolute atomic E-state index is 12.2. The summed E-state index contributed by atoms with van der Waals surface area (Å²) in [7, 11) is 0. The molecule has 3 amide bonds. The molecule has 18 heavy (non-hydrogen) atoms. The van der Waals surface area contributed by atoms with Gasteiger partial charge in [-0.3, -0.25) is 9.59 Å². The highest BCUT2D eigenvalue weighted by molar-refractivity contribution is 5.86. The third-order valence-corrected chi connectivity index (χ3v) is 2.64. The van der Waals surface area contributed by atoms with E-state index in [-0.39, 0.29) is 12.6 Å². The fraction of sp³-hybridized carbons (Fsp3) is 0.727. The van der Waals surface area contributed by atoms with Crippen LogP contribution in [-0.2, 0) is 9.59 Å². The molecule has 0 spiro atoms. The Kier molecular flexibility index (Phi) is 4.94. The minimum Gasteiger partial charge on any atom is -0.480 e. The number of rotatable bonds is 7. The summed E-state index contributed by atoms with van der Waals surface area (Å²) < 4.78 is 0. The van der Waals surface area contributed by atoms with Crippen molar-refractivity contribution in [1.82, 2.24) is 9.80 Å². The third-order valence-electron chi connectivity index (χ3n) is 2.64. The highest BCUT2D eigenvalue weighted by atomic mass is 16.4. The number of carbonyl (C=O) groups is 3. The van der Waals surface area contributed by atoms with Crippen LogP contribution in [0.5, 0.6) is 0 Å². The molecule has 1 fully saturated rings. The van der Waals surface area contributed by atoms with Gasteiger partial charge in [0.15, 0.2) is 0 Å². The Morgan fingerprint density at radius 3 is 2.28 bits per heavy atom. The monoisotopic (exact) mass is 257 g/mol. The number of nitrogens with two attached hydrogens (primary N) is 1. The van der Waals surface area contributed by atoms with E-state index in [0.29, 0.717) is 6.54 Å². The summed E-state index contributed by atoms with van der Waals surface area (Å²) >= 11 is 0. The standard InChI is InChI=1S/C11H19N3O4/c1-2-5-14(8-3-4-8)11(18)13(6-9(12)15)7-10(16)17/h8H,2-7H2,1H3,(H2,12,15)(H,16,17). The number of carboxylic acid groups (broad SMARTS) is 1. The van der Waals surface area contributed by atoms with E-state index in [9.17, 15) is 14.4 Å². The first-order valence-electron chi connectivity index (χ1n) is 6.01. The van der Waals surface area contributed by atoms with E-state index in [0.717, 1.165) is 24.2 Å². The third kappa shape index (κ3) is 4.23. The number of urea groups is 1. The van der Waals surface area contributed by atoms with Crippen LogP contribution in [0.15, 0.2) is 0 Å². The highest BCUT2D eigenvalue weighted by Crippen LogP contribution is 2.27. The smallest absolute Gasteiger partial charge is 0.323 e. The van der Waals surface area contributed by atoms with E-state index in [1.165, 1.54) is 0 Å². The molecule has 0 aromatic carbocycles. The lowest BCUT2D eigenvalue weighted by atomic mass is 10.4. The van der Waals surface area contributed by atoms with Crippen molar-refractivity contribution in [2.75, 3.05) is 19.6 Å². The molecule has 0 unspecified atom stereocenters. The van der Waals surface area contributed by atoms with Gasteiger partial charge in [0.2, 0.25) is 5.91 Å². The van der Waals surface area contributed by atoms with Crippen molar-refractivity contribution in [3.63, 3.8) is 0 Å². The Labute approximate surface area is 106 Å². The second kappa shape index (κ2) is 6.23. The van der Waals surface area contributed by atoms with E-state index in [4.69, 9.17) is 10.8 Å². The number of hydrogen-bond acceptors (Lipinski definition) is 3. The second-order valence-electron chi connectivity index (χ2n) is 4.42. The highest BCUT2D eigenvalue weighted by Gasteiger charge is 2.35. The molecular weight excluding hydrogens is 238 g/mol. The molecule has 0 aromatic heterocycles. The lowest BCUT2D eigenvalue weighted by molar-refractivity contribution is -0.138. The van der Waals surface area contributed by atoms with Crippen molar-refractivity contribution >= 4 is 17.9 Å². The fourth-order valence-corrected chi connectivity index (χ4v) is 1.79. The van der Waals surface area contributed by atoms with Gasteiger partial charge in [-0.1, -0.05) is 6.92 Å². The molecule has 0 aromatic rings. The van der Waals surface area contributed by atoms with Crippen LogP contribution in [-0.4, -0.2) is 58.5 Å². The minimum atomic E-state index is -1.16. The van der Waals surface area contributed by atoms with E-state index < -0.39 is 24.5 Å². The molecule has 1 aliphatic rings. The molecule has 0 aliphatic heterocycles. The molecule has 0 saturated heterocycles. The van der Waals surface area contributed by atoms with Crippen LogP contribution >= 0.6 is 0 Å². The quantitative estimate of drug-likeness (QED) is 0.662. The molecule has 7 nitrogen and oxygen atoms in total. The summed E-state index contributed by atoms with van der Waals surface area (Å²) in [5.41, 5.74) is 5.03. The number of amides is 3. The summed E-state index contributed by atoms with van der Waals surface area (Å²) in [6.45, 7) is 1.64. The summed E-state index contributed by atoms with van der Waals surface area (Å²) in [4.78, 5) is 36.4. The van der Waals surface area contributed by atoms with Gasteiger partial charge in [-0.2, -0.15) is 0 Å². The molecular formula is C11H19N3O4. The summed E-state index contributed by atoms with van der Waals surface area (Å²) in [6.07, 6.45) is 2.66. The Morgan fingerprint density at radius 1 is 1.28 bits per heavy atom. The summed E-state index contributed by atoms with van der Waals surface area (Å²) in [6, 6.07) is -0.234. The van der Waals surface area contributed by atoms with Crippen molar-refractivity contribution in [2.45, 2.75) is 32.2 Å². The number of carboxylic acids is 1. The summed E-state index contributed by atoms with van der Waals surface area (Å²) in [5, 5.41) is 8.75. The Morgan fingerprint density at radius 2 is 1.89 bits per heavy atom. The topological polar surface area (TPSA) is 104 Å². The molecule has 0 bridgehead atoms. The zero-order valence-corrected chi connectivity index (χ0v) is 10.5. The van der Waals surface area contributed by atoms with Gasteiger partial charge in [0.25, 0.3) is 0 Å². The van der Waals surface area contributed by atoms with Crippen LogP contribution in [0.4, 0.5) is 4.79 Å². The van der Waals surface area contributed by atoms with Crippen LogP contribution in [0.1, 0.15) is 26.2 Å². The lowest BCUT2D eigenvalue weighted by Gasteiger charge is -2.28. The molecule has 1 rings (SSSR count). The molecule has 1 aliphatic carbocycles. The average Bonchev–Trinajstić information content (AvgIpc) is 3.06. The molecule has 0 heterocycles. The number of carbonyl (C=O) groups excluding carboxylic acids is 2. The lowest BCUT2D eigenvalue weighted by Crippen LogP contribution is -2.49. The normalized spacial score (nSPS) is 14.1. The molecule has 3 N–H and O–H groups in total. The molecule has 1 saturated carbocycles. The number of nitrogens with zero attached hydrogens (tertiary/aromatic N) is 2. The number of hydrogen-bond donors (Lipinski definition) is 2. The van der Waals surface area contributed by atoms with Crippen molar-refractivity contribution in [2.24, 2.45) is 5.73 Å². The largest absolute Gasteiger partial charge is 0.480 e. The minimum absolute atomic E-state index is 0.182. The van der Waals surface area contributed by atoms with Crippen LogP contribution in [0.25, 0.3) is 0 Å². The van der Waals surface area contributed by atoms with Gasteiger partial charge in [-0.25, -0.2) is 4.79 Å². The van der Waals surface area contributed by atoms with Crippen LogP contribution in [0, 0.1) is 0 Å². The van der Waals surface area contributed by atoms with Crippen molar-refractivity contribution < 1.29 is 19.5 Å². The maximum atomic E-state index is 12.2. The first-order chi connectivity index (χ1) is 8.45. The van der Waals surface area contributed by atoms with Crippen molar-refractivity contribution in [3.8, 4) is 0 Å². The van der Waals surface area contributed by atoms with E-state index in [1.807, 2.05) is 6.92 Å². The van der Waals surface area contributed by atoms with Gasteiger partial charge >= 0.3 is 12.0 Å². The summed E-state index contributed by atoms with van der Waals surface area (Å²) in [5.74, 6) is -1.87. The zero-order chi connectivity index (χ0) is 13.7. The molecule has 102 valence electrons. The number of primary amides is 1. The average molecular weight is 257 g/mol. The Balaban J connectivity index is 2.71. The second-order valence-corrected chi connectivity index (χ2v) is 4.42. The van der Waals surface area contributed by atoms with Gasteiger partial charge in [-0.15, -0.1) is 0 Å². The predicted octanol–water partition coefficient (Wildman–Crippen LogP) is -0.147. The number of aliphatic carboxylic acids is 1. The molecule has 0 atom stereocenters. The van der Waals surface area contributed by atoms with Crippen LogP contribution in [0.3, 0.4) is 0 Å². The van der Waals surface area contributed by atoms with E-state index in [2.05, 4.69) is 0 Å². The van der Waals surface area contributed by atoms with E-state index >= 15 is 0 Å². The fourth-order valence-electron chi connectivity index (χ4n) is 1.79. The Hall–Kier alpha value is -1.79. The van der Waals surface area contributed by atoms with Gasteiger partial charge in [0.05, 0.1) is 0 Å². The first kappa shape index (κ1) is 14.3. The van der Waals surface area contributed by atoms with Gasteiger partial charge < -0.3 is 20.6 Å². The first-order valence-corrected chi connectivity index (χ1v) is 6.01. The van der Waals surface area contributed by atoms with Crippen LogP contribution in [0.2, 0.25) is 0 Å². The van der Waals surface area contributed by atoms with Crippen molar-refractivity contribution in [1.29, 1.82) is 0 Å². The Bertz CT molecular complexity index is 325. The molecule has 7 heteroatoms. The SMILES string of the molecule is CCCN(C(=O)N(CC(N)=O)CC(=O)O)C1CC1. The zero-order valence-electron chi connectivity index (χ0n) is 10.5. The molecule has 0 radical (unpaired) electrons. The maximum Gasteiger partial charge on any atom is 0.323 e. The van der Waals surface area contributed by atoms with Crippen molar-refractivity contribution in [3.05, 3.63) is 0 Å². The van der Waals surface area contributed by atoms with Gasteiger partial charge in [0.1, 0.15) is 13.1 Å². The predicted molar refractivity (Wildman–Crippen MR) is 63.8 cm³/mol. The van der Waals surface area contributed by atoms with Gasteiger partial charge in [-0.05, 0) is 19.3 Å². The van der Waals surface area contributed by atoms with Crippen LogP contribution < -0.4 is 5.73 Å². The van der Waals surface area contributed by atoms with Gasteiger partial charge in [0, 0.05) is 12.6 Å². The van der Waals surface area contributed by atoms with E-state index in [1.54, 1.807) is 4.90 Å².